The van der Waals surface area contributed by atoms with Crippen molar-refractivity contribution >= 4 is 15.9 Å². The highest BCUT2D eigenvalue weighted by molar-refractivity contribution is 9.10. The van der Waals surface area contributed by atoms with Crippen LogP contribution >= 0.6 is 15.9 Å². The molecule has 2 heterocycles. The van der Waals surface area contributed by atoms with E-state index in [1.165, 1.54) is 5.56 Å². The smallest absolute Gasteiger partial charge is 0.126 e. The highest BCUT2D eigenvalue weighted by atomic mass is 79.9. The number of likely N-dealkylation sites (tertiary alicyclic amines) is 1. The summed E-state index contributed by atoms with van der Waals surface area (Å²) in [5.74, 6) is 1.05. The molecule has 4 heteroatoms. The van der Waals surface area contributed by atoms with Gasteiger partial charge in [0, 0.05) is 48.1 Å². The van der Waals surface area contributed by atoms with E-state index in [1.807, 2.05) is 0 Å². The van der Waals surface area contributed by atoms with Gasteiger partial charge in [-0.3, -0.25) is 4.90 Å². The SMILES string of the molecule is CCNC1CC2(CCN(C(C)C)C2)Oc2cc(Br)ccc21. The molecule has 3 nitrogen and oxygen atoms in total. The molecule has 1 fully saturated rings. The summed E-state index contributed by atoms with van der Waals surface area (Å²) in [7, 11) is 0. The van der Waals surface area contributed by atoms with Crippen molar-refractivity contribution < 1.29 is 4.74 Å². The van der Waals surface area contributed by atoms with Crippen LogP contribution in [-0.4, -0.2) is 36.2 Å². The van der Waals surface area contributed by atoms with E-state index < -0.39 is 0 Å². The molecular formula is C17H25BrN2O. The lowest BCUT2D eigenvalue weighted by Gasteiger charge is -2.40. The summed E-state index contributed by atoms with van der Waals surface area (Å²) in [6.45, 7) is 9.89. The lowest BCUT2D eigenvalue weighted by Crippen LogP contribution is -2.47. The third kappa shape index (κ3) is 2.99. The Hall–Kier alpha value is -0.580. The van der Waals surface area contributed by atoms with Crippen LogP contribution in [0.1, 0.15) is 45.2 Å². The molecule has 1 N–H and O–H groups in total. The van der Waals surface area contributed by atoms with Crippen LogP contribution in [0.2, 0.25) is 0 Å². The molecule has 2 unspecified atom stereocenters. The lowest BCUT2D eigenvalue weighted by molar-refractivity contribution is 0.0356. The van der Waals surface area contributed by atoms with E-state index in [2.05, 4.69) is 65.1 Å². The zero-order valence-corrected chi connectivity index (χ0v) is 14.7. The Morgan fingerprint density at radius 2 is 2.29 bits per heavy atom. The summed E-state index contributed by atoms with van der Waals surface area (Å²) >= 11 is 3.57. The molecule has 1 spiro atoms. The van der Waals surface area contributed by atoms with Crippen molar-refractivity contribution in [2.45, 2.75) is 51.3 Å². The first kappa shape index (κ1) is 15.3. The maximum absolute atomic E-state index is 6.51. The Morgan fingerprint density at radius 3 is 2.95 bits per heavy atom. The van der Waals surface area contributed by atoms with Gasteiger partial charge in [-0.25, -0.2) is 0 Å². The van der Waals surface area contributed by atoms with Crippen molar-refractivity contribution in [3.63, 3.8) is 0 Å². The maximum atomic E-state index is 6.51. The van der Waals surface area contributed by atoms with Gasteiger partial charge in [0.15, 0.2) is 0 Å². The van der Waals surface area contributed by atoms with Crippen LogP contribution in [0.25, 0.3) is 0 Å². The van der Waals surface area contributed by atoms with Crippen molar-refractivity contribution in [3.05, 3.63) is 28.2 Å². The quantitative estimate of drug-likeness (QED) is 0.896. The van der Waals surface area contributed by atoms with Gasteiger partial charge in [0.1, 0.15) is 11.4 Å². The minimum absolute atomic E-state index is 0.0229. The minimum atomic E-state index is -0.0229. The van der Waals surface area contributed by atoms with Crippen molar-refractivity contribution in [2.24, 2.45) is 0 Å². The molecule has 0 aromatic heterocycles. The molecule has 1 saturated heterocycles. The molecule has 2 aliphatic rings. The second-order valence-electron chi connectivity index (χ2n) is 6.60. The Kier molecular flexibility index (Phi) is 4.30. The van der Waals surface area contributed by atoms with Gasteiger partial charge in [-0.05, 0) is 32.5 Å². The lowest BCUT2D eigenvalue weighted by atomic mass is 9.86. The molecule has 0 saturated carbocycles. The normalized spacial score (nSPS) is 28.9. The number of benzene rings is 1. The molecule has 0 bridgehead atoms. The fourth-order valence-electron chi connectivity index (χ4n) is 3.64. The summed E-state index contributed by atoms with van der Waals surface area (Å²) in [5, 5.41) is 3.64. The first-order chi connectivity index (χ1) is 10.0. The van der Waals surface area contributed by atoms with E-state index in [1.54, 1.807) is 0 Å². The van der Waals surface area contributed by atoms with Crippen molar-refractivity contribution in [2.75, 3.05) is 19.6 Å². The van der Waals surface area contributed by atoms with Gasteiger partial charge in [-0.2, -0.15) is 0 Å². The van der Waals surface area contributed by atoms with Crippen LogP contribution in [0.3, 0.4) is 0 Å². The average Bonchev–Trinajstić information content (AvgIpc) is 2.82. The number of rotatable bonds is 3. The van der Waals surface area contributed by atoms with Gasteiger partial charge in [0.05, 0.1) is 0 Å². The average molecular weight is 353 g/mol. The van der Waals surface area contributed by atoms with Gasteiger partial charge in [-0.15, -0.1) is 0 Å². The summed E-state index contributed by atoms with van der Waals surface area (Å²) in [5.41, 5.74) is 1.28. The maximum Gasteiger partial charge on any atom is 0.126 e. The number of nitrogens with one attached hydrogen (secondary N) is 1. The summed E-state index contributed by atoms with van der Waals surface area (Å²) < 4.78 is 7.60. The number of nitrogens with zero attached hydrogens (tertiary/aromatic N) is 1. The van der Waals surface area contributed by atoms with Crippen LogP contribution in [0.4, 0.5) is 0 Å². The van der Waals surface area contributed by atoms with Crippen LogP contribution in [0.5, 0.6) is 5.75 Å². The largest absolute Gasteiger partial charge is 0.485 e. The van der Waals surface area contributed by atoms with Gasteiger partial charge in [0.25, 0.3) is 0 Å². The molecule has 2 aliphatic heterocycles. The monoisotopic (exact) mass is 352 g/mol. The van der Waals surface area contributed by atoms with Crippen LogP contribution in [-0.2, 0) is 0 Å². The van der Waals surface area contributed by atoms with E-state index in [0.717, 1.165) is 42.7 Å². The molecule has 2 atom stereocenters. The van der Waals surface area contributed by atoms with E-state index in [-0.39, 0.29) is 5.60 Å². The third-order valence-electron chi connectivity index (χ3n) is 4.78. The predicted octanol–water partition coefficient (Wildman–Crippen LogP) is 3.74. The number of ether oxygens (including phenoxy) is 1. The molecule has 21 heavy (non-hydrogen) atoms. The molecule has 0 aliphatic carbocycles. The molecular weight excluding hydrogens is 328 g/mol. The van der Waals surface area contributed by atoms with Crippen LogP contribution < -0.4 is 10.1 Å². The van der Waals surface area contributed by atoms with Gasteiger partial charge in [0.2, 0.25) is 0 Å². The highest BCUT2D eigenvalue weighted by Crippen LogP contribution is 2.44. The van der Waals surface area contributed by atoms with Gasteiger partial charge >= 0.3 is 0 Å². The first-order valence-electron chi connectivity index (χ1n) is 7.99. The standard InChI is InChI=1S/C17H25BrN2O/c1-4-19-15-10-17(7-8-20(11-17)12(2)3)21-16-9-13(18)5-6-14(15)16/h5-6,9,12,15,19H,4,7-8,10-11H2,1-3H3. The van der Waals surface area contributed by atoms with Gasteiger partial charge in [-0.1, -0.05) is 28.9 Å². The third-order valence-corrected chi connectivity index (χ3v) is 5.27. The Labute approximate surface area is 136 Å². The van der Waals surface area contributed by atoms with Crippen LogP contribution in [0.15, 0.2) is 22.7 Å². The second kappa shape index (κ2) is 5.90. The van der Waals surface area contributed by atoms with E-state index in [9.17, 15) is 0 Å². The predicted molar refractivity (Wildman–Crippen MR) is 89.9 cm³/mol. The Bertz CT molecular complexity index is 520. The van der Waals surface area contributed by atoms with E-state index in [4.69, 9.17) is 4.74 Å². The van der Waals surface area contributed by atoms with Gasteiger partial charge < -0.3 is 10.1 Å². The number of halogens is 1. The first-order valence-corrected chi connectivity index (χ1v) is 8.78. The summed E-state index contributed by atoms with van der Waals surface area (Å²) in [6, 6.07) is 7.42. The molecule has 0 amide bonds. The molecule has 3 rings (SSSR count). The van der Waals surface area contributed by atoms with Crippen LogP contribution in [0, 0.1) is 0 Å². The Morgan fingerprint density at radius 1 is 1.48 bits per heavy atom. The van der Waals surface area contributed by atoms with E-state index >= 15 is 0 Å². The highest BCUT2D eigenvalue weighted by Gasteiger charge is 2.46. The molecule has 116 valence electrons. The Balaban J connectivity index is 1.90. The number of fused-ring (bicyclic) bond motifs is 1. The minimum Gasteiger partial charge on any atom is -0.485 e. The topological polar surface area (TPSA) is 24.5 Å². The van der Waals surface area contributed by atoms with Crippen molar-refractivity contribution in [1.29, 1.82) is 0 Å². The number of hydrogen-bond acceptors (Lipinski definition) is 3. The zero-order valence-electron chi connectivity index (χ0n) is 13.2. The second-order valence-corrected chi connectivity index (χ2v) is 7.51. The molecule has 1 aromatic rings. The molecule has 1 aromatic carbocycles. The van der Waals surface area contributed by atoms with Crippen molar-refractivity contribution in [3.8, 4) is 5.75 Å². The van der Waals surface area contributed by atoms with Crippen molar-refractivity contribution in [1.82, 2.24) is 10.2 Å². The fourth-order valence-corrected chi connectivity index (χ4v) is 3.98. The zero-order chi connectivity index (χ0) is 15.0. The summed E-state index contributed by atoms with van der Waals surface area (Å²) in [6.07, 6.45) is 2.19. The number of hydrogen-bond donors (Lipinski definition) is 1. The molecule has 0 radical (unpaired) electrons. The fraction of sp³-hybridized carbons (Fsp3) is 0.647. The van der Waals surface area contributed by atoms with E-state index in [0.29, 0.717) is 12.1 Å². The summed E-state index contributed by atoms with van der Waals surface area (Å²) in [4.78, 5) is 2.53.